The first-order chi connectivity index (χ1) is 13.6. The number of nitrogens with one attached hydrogen (secondary N) is 2. The van der Waals surface area contributed by atoms with Crippen LogP contribution < -0.4 is 15.4 Å². The largest absolute Gasteiger partial charge is 0.496 e. The Labute approximate surface area is 165 Å². The number of hydrogen-bond donors (Lipinski definition) is 2. The molecule has 7 nitrogen and oxygen atoms in total. The molecule has 0 spiro atoms. The second kappa shape index (κ2) is 9.57. The number of ether oxygens (including phenoxy) is 1. The number of nitrogens with zero attached hydrogens (tertiary/aromatic N) is 1. The van der Waals surface area contributed by atoms with Gasteiger partial charge in [0.15, 0.2) is 0 Å². The van der Waals surface area contributed by atoms with Gasteiger partial charge in [0.05, 0.1) is 20.1 Å². The van der Waals surface area contributed by atoms with Crippen molar-refractivity contribution < 1.29 is 19.1 Å². The normalized spacial score (nSPS) is 21.0. The number of urea groups is 1. The smallest absolute Gasteiger partial charge is 0.325 e. The van der Waals surface area contributed by atoms with E-state index in [9.17, 15) is 14.4 Å². The van der Waals surface area contributed by atoms with E-state index in [0.717, 1.165) is 36.1 Å². The first-order valence-corrected chi connectivity index (χ1v) is 10.1. The number of para-hydroxylation sites is 1. The van der Waals surface area contributed by atoms with Gasteiger partial charge in [-0.25, -0.2) is 4.79 Å². The Hall–Kier alpha value is -2.57. The molecule has 2 N–H and O–H groups in total. The average Bonchev–Trinajstić information content (AvgIpc) is 2.91. The Morgan fingerprint density at radius 3 is 2.54 bits per heavy atom. The van der Waals surface area contributed by atoms with Crippen molar-refractivity contribution in [2.45, 2.75) is 70.0 Å². The van der Waals surface area contributed by atoms with Gasteiger partial charge in [-0.3, -0.25) is 14.5 Å². The molecule has 1 heterocycles. The van der Waals surface area contributed by atoms with E-state index in [4.69, 9.17) is 4.74 Å². The highest BCUT2D eigenvalue weighted by Crippen LogP contribution is 2.22. The summed E-state index contributed by atoms with van der Waals surface area (Å²) in [6, 6.07) is 6.15. The number of benzene rings is 1. The fourth-order valence-corrected chi connectivity index (χ4v) is 3.94. The van der Waals surface area contributed by atoms with Crippen LogP contribution in [0.25, 0.3) is 0 Å². The van der Waals surface area contributed by atoms with Crippen molar-refractivity contribution in [1.29, 1.82) is 0 Å². The lowest BCUT2D eigenvalue weighted by molar-refractivity contribution is -0.131. The SMILES string of the molecule is COc1ccccc1CN1C(=O)N[C@H](CC(=O)NC2CCCCCCC2)C1=O. The van der Waals surface area contributed by atoms with Gasteiger partial charge in [-0.1, -0.05) is 50.3 Å². The summed E-state index contributed by atoms with van der Waals surface area (Å²) < 4.78 is 5.29. The molecule has 7 heteroatoms. The fraction of sp³-hybridized carbons (Fsp3) is 0.571. The lowest BCUT2D eigenvalue weighted by Crippen LogP contribution is -2.40. The lowest BCUT2D eigenvalue weighted by Gasteiger charge is -2.21. The number of rotatable bonds is 6. The van der Waals surface area contributed by atoms with Crippen molar-refractivity contribution >= 4 is 17.8 Å². The Kier molecular flexibility index (Phi) is 6.90. The highest BCUT2D eigenvalue weighted by atomic mass is 16.5. The summed E-state index contributed by atoms with van der Waals surface area (Å²) in [7, 11) is 1.55. The number of hydrogen-bond acceptors (Lipinski definition) is 4. The van der Waals surface area contributed by atoms with Crippen molar-refractivity contribution in [3.8, 4) is 5.75 Å². The second-order valence-corrected chi connectivity index (χ2v) is 7.55. The second-order valence-electron chi connectivity index (χ2n) is 7.55. The predicted octanol–water partition coefficient (Wildman–Crippen LogP) is 2.73. The van der Waals surface area contributed by atoms with Crippen LogP contribution in [-0.2, 0) is 16.1 Å². The standard InChI is InChI=1S/C21H29N3O4/c1-28-18-12-8-7-9-15(18)14-24-20(26)17(23-21(24)27)13-19(25)22-16-10-5-3-2-4-6-11-16/h7-9,12,16-17H,2-6,10-11,13-14H2,1H3,(H,22,25)(H,23,27)/t17-/m1/s1. The molecule has 1 aromatic carbocycles. The van der Waals surface area contributed by atoms with Crippen LogP contribution in [0.5, 0.6) is 5.75 Å². The number of imide groups is 1. The van der Waals surface area contributed by atoms with E-state index >= 15 is 0 Å². The van der Waals surface area contributed by atoms with Crippen molar-refractivity contribution in [3.05, 3.63) is 29.8 Å². The molecule has 1 saturated carbocycles. The summed E-state index contributed by atoms with van der Waals surface area (Å²) in [5, 5.41) is 5.69. The molecule has 2 aliphatic rings. The number of carbonyl (C=O) groups is 3. The quantitative estimate of drug-likeness (QED) is 0.735. The Bertz CT molecular complexity index is 713. The van der Waals surface area contributed by atoms with Gasteiger partial charge < -0.3 is 15.4 Å². The van der Waals surface area contributed by atoms with Crippen molar-refractivity contribution in [2.75, 3.05) is 7.11 Å². The summed E-state index contributed by atoms with van der Waals surface area (Å²) in [6.45, 7) is 0.120. The first-order valence-electron chi connectivity index (χ1n) is 10.1. The molecular weight excluding hydrogens is 358 g/mol. The molecule has 2 fully saturated rings. The van der Waals surface area contributed by atoms with Gasteiger partial charge >= 0.3 is 6.03 Å². The van der Waals surface area contributed by atoms with Crippen LogP contribution in [0.1, 0.15) is 56.9 Å². The lowest BCUT2D eigenvalue weighted by atomic mass is 9.96. The Morgan fingerprint density at radius 2 is 1.82 bits per heavy atom. The molecular formula is C21H29N3O4. The molecule has 0 unspecified atom stereocenters. The number of amides is 4. The third kappa shape index (κ3) is 5.03. The van der Waals surface area contributed by atoms with Crippen LogP contribution in [-0.4, -0.2) is 41.9 Å². The summed E-state index contributed by atoms with van der Waals surface area (Å²) in [5.74, 6) is 0.0701. The Balaban J connectivity index is 1.56. The van der Waals surface area contributed by atoms with E-state index in [-0.39, 0.29) is 30.8 Å². The molecule has 1 saturated heterocycles. The summed E-state index contributed by atoms with van der Waals surface area (Å²) >= 11 is 0. The van der Waals surface area contributed by atoms with Gasteiger partial charge in [0.1, 0.15) is 11.8 Å². The van der Waals surface area contributed by atoms with Gasteiger partial charge in [-0.2, -0.15) is 0 Å². The number of methoxy groups -OCH3 is 1. The third-order valence-electron chi connectivity index (χ3n) is 5.49. The van der Waals surface area contributed by atoms with Crippen molar-refractivity contribution in [2.24, 2.45) is 0 Å². The maximum absolute atomic E-state index is 12.7. The predicted molar refractivity (Wildman–Crippen MR) is 105 cm³/mol. The van der Waals surface area contributed by atoms with Gasteiger partial charge in [0, 0.05) is 11.6 Å². The highest BCUT2D eigenvalue weighted by molar-refractivity contribution is 6.05. The average molecular weight is 387 g/mol. The molecule has 4 amide bonds. The van der Waals surface area contributed by atoms with Gasteiger partial charge in [-0.05, 0) is 18.9 Å². The van der Waals surface area contributed by atoms with Crippen LogP contribution in [0, 0.1) is 0 Å². The number of carbonyl (C=O) groups excluding carboxylic acids is 3. The molecule has 152 valence electrons. The van der Waals surface area contributed by atoms with E-state index in [1.807, 2.05) is 18.2 Å². The van der Waals surface area contributed by atoms with E-state index in [0.29, 0.717) is 5.75 Å². The van der Waals surface area contributed by atoms with Crippen LogP contribution in [0.15, 0.2) is 24.3 Å². The molecule has 1 atom stereocenters. The highest BCUT2D eigenvalue weighted by Gasteiger charge is 2.39. The van der Waals surface area contributed by atoms with Gasteiger partial charge in [0.2, 0.25) is 5.91 Å². The zero-order valence-electron chi connectivity index (χ0n) is 16.4. The minimum absolute atomic E-state index is 0.0243. The topological polar surface area (TPSA) is 87.7 Å². The third-order valence-corrected chi connectivity index (χ3v) is 5.49. The Morgan fingerprint density at radius 1 is 1.14 bits per heavy atom. The van der Waals surface area contributed by atoms with E-state index in [1.165, 1.54) is 19.3 Å². The molecule has 28 heavy (non-hydrogen) atoms. The van der Waals surface area contributed by atoms with Crippen LogP contribution >= 0.6 is 0 Å². The maximum Gasteiger partial charge on any atom is 0.325 e. The van der Waals surface area contributed by atoms with Gasteiger partial charge in [-0.15, -0.1) is 0 Å². The maximum atomic E-state index is 12.7. The minimum Gasteiger partial charge on any atom is -0.496 e. The molecule has 1 aliphatic carbocycles. The molecule has 1 aliphatic heterocycles. The molecule has 0 bridgehead atoms. The van der Waals surface area contributed by atoms with E-state index < -0.39 is 12.1 Å². The van der Waals surface area contributed by atoms with E-state index in [2.05, 4.69) is 10.6 Å². The van der Waals surface area contributed by atoms with Crippen LogP contribution in [0.2, 0.25) is 0 Å². The van der Waals surface area contributed by atoms with Crippen molar-refractivity contribution in [3.63, 3.8) is 0 Å². The first kappa shape index (κ1) is 20.2. The fourth-order valence-electron chi connectivity index (χ4n) is 3.94. The van der Waals surface area contributed by atoms with Gasteiger partial charge in [0.25, 0.3) is 5.91 Å². The summed E-state index contributed by atoms with van der Waals surface area (Å²) in [5.41, 5.74) is 0.744. The molecule has 1 aromatic rings. The molecule has 0 aromatic heterocycles. The summed E-state index contributed by atoms with van der Waals surface area (Å²) in [6.07, 6.45) is 7.87. The minimum atomic E-state index is -0.809. The zero-order chi connectivity index (χ0) is 19.9. The zero-order valence-corrected chi connectivity index (χ0v) is 16.4. The summed E-state index contributed by atoms with van der Waals surface area (Å²) in [4.78, 5) is 38.5. The van der Waals surface area contributed by atoms with E-state index in [1.54, 1.807) is 13.2 Å². The monoisotopic (exact) mass is 387 g/mol. The molecule has 3 rings (SSSR count). The van der Waals surface area contributed by atoms with Crippen LogP contribution in [0.4, 0.5) is 4.79 Å². The molecule has 0 radical (unpaired) electrons. The van der Waals surface area contributed by atoms with Crippen molar-refractivity contribution in [1.82, 2.24) is 15.5 Å². The van der Waals surface area contributed by atoms with Crippen LogP contribution in [0.3, 0.4) is 0 Å².